The summed E-state index contributed by atoms with van der Waals surface area (Å²) in [6, 6.07) is 8.39. The van der Waals surface area contributed by atoms with Crippen molar-refractivity contribution >= 4 is 11.3 Å². The van der Waals surface area contributed by atoms with Gasteiger partial charge >= 0.3 is 0 Å². The van der Waals surface area contributed by atoms with Crippen LogP contribution in [0.2, 0.25) is 0 Å². The summed E-state index contributed by atoms with van der Waals surface area (Å²) in [7, 11) is 1.67. The number of thiophene rings is 1. The van der Waals surface area contributed by atoms with Gasteiger partial charge in [0.2, 0.25) is 0 Å². The third kappa shape index (κ3) is 4.76. The van der Waals surface area contributed by atoms with Gasteiger partial charge in [0, 0.05) is 12.5 Å². The Hall–Kier alpha value is -1.52. The minimum Gasteiger partial charge on any atom is -0.493 e. The van der Waals surface area contributed by atoms with Gasteiger partial charge in [0.05, 0.1) is 13.7 Å². The topological polar surface area (TPSA) is 44.5 Å². The van der Waals surface area contributed by atoms with Crippen molar-refractivity contribution in [2.75, 3.05) is 13.7 Å². The Morgan fingerprint density at radius 2 is 2.05 bits per heavy atom. The van der Waals surface area contributed by atoms with Gasteiger partial charge < -0.3 is 15.2 Å². The molecule has 0 amide bonds. The van der Waals surface area contributed by atoms with Crippen LogP contribution >= 0.6 is 11.3 Å². The highest BCUT2D eigenvalue weighted by Crippen LogP contribution is 2.28. The molecule has 4 heteroatoms. The van der Waals surface area contributed by atoms with Gasteiger partial charge in [0.1, 0.15) is 0 Å². The summed E-state index contributed by atoms with van der Waals surface area (Å²) in [6.45, 7) is 2.75. The van der Waals surface area contributed by atoms with E-state index in [1.165, 1.54) is 11.1 Å². The highest BCUT2D eigenvalue weighted by molar-refractivity contribution is 7.07. The molecule has 114 valence electrons. The summed E-state index contributed by atoms with van der Waals surface area (Å²) in [6.07, 6.45) is 2.75. The fourth-order valence-corrected chi connectivity index (χ4v) is 2.82. The molecule has 0 aliphatic heterocycles. The molecule has 1 aromatic carbocycles. The lowest BCUT2D eigenvalue weighted by Crippen LogP contribution is -2.21. The van der Waals surface area contributed by atoms with Crippen molar-refractivity contribution in [2.45, 2.75) is 32.2 Å². The van der Waals surface area contributed by atoms with E-state index in [9.17, 15) is 0 Å². The molecule has 2 aromatic rings. The van der Waals surface area contributed by atoms with E-state index in [-0.39, 0.29) is 6.04 Å². The monoisotopic (exact) mass is 305 g/mol. The van der Waals surface area contributed by atoms with Crippen molar-refractivity contribution in [3.05, 3.63) is 46.2 Å². The van der Waals surface area contributed by atoms with Gasteiger partial charge in [-0.1, -0.05) is 13.0 Å². The maximum Gasteiger partial charge on any atom is 0.161 e. The number of nitrogens with two attached hydrogens (primary N) is 1. The Kier molecular flexibility index (Phi) is 6.08. The highest BCUT2D eigenvalue weighted by Gasteiger charge is 2.08. The molecule has 2 N–H and O–H groups in total. The Morgan fingerprint density at radius 3 is 2.71 bits per heavy atom. The number of hydrogen-bond acceptors (Lipinski definition) is 4. The summed E-state index contributed by atoms with van der Waals surface area (Å²) in [5.74, 6) is 1.57. The van der Waals surface area contributed by atoms with Crippen LogP contribution in [0.1, 0.15) is 24.5 Å². The van der Waals surface area contributed by atoms with E-state index in [4.69, 9.17) is 15.2 Å². The molecule has 0 bridgehead atoms. The van der Waals surface area contributed by atoms with E-state index < -0.39 is 0 Å². The van der Waals surface area contributed by atoms with Crippen LogP contribution in [-0.4, -0.2) is 19.8 Å². The SMILES string of the molecule is CCC(N)Cc1ccc(OCCc2ccsc2)c(OC)c1. The molecule has 0 fully saturated rings. The molecule has 0 spiro atoms. The van der Waals surface area contributed by atoms with Crippen LogP contribution in [0.15, 0.2) is 35.0 Å². The van der Waals surface area contributed by atoms with Crippen molar-refractivity contribution in [3.63, 3.8) is 0 Å². The fraction of sp³-hybridized carbons (Fsp3) is 0.412. The zero-order chi connectivity index (χ0) is 15.1. The summed E-state index contributed by atoms with van der Waals surface area (Å²) in [5, 5.41) is 4.23. The first-order valence-corrected chi connectivity index (χ1v) is 8.23. The predicted octanol–water partition coefficient (Wildman–Crippen LogP) is 3.66. The lowest BCUT2D eigenvalue weighted by molar-refractivity contribution is 0.297. The molecule has 0 radical (unpaired) electrons. The lowest BCUT2D eigenvalue weighted by atomic mass is 10.0. The second-order valence-electron chi connectivity index (χ2n) is 5.09. The molecule has 1 heterocycles. The molecule has 0 aliphatic rings. The van der Waals surface area contributed by atoms with Crippen LogP contribution in [0.5, 0.6) is 11.5 Å². The van der Waals surface area contributed by atoms with Gasteiger partial charge in [-0.15, -0.1) is 0 Å². The Bertz CT molecular complexity index is 540. The maximum atomic E-state index is 6.00. The molecular weight excluding hydrogens is 282 g/mol. The Balaban J connectivity index is 1.95. The van der Waals surface area contributed by atoms with Crippen molar-refractivity contribution < 1.29 is 9.47 Å². The summed E-state index contributed by atoms with van der Waals surface area (Å²) in [4.78, 5) is 0. The molecule has 1 aromatic heterocycles. The van der Waals surface area contributed by atoms with Gasteiger partial charge in [-0.25, -0.2) is 0 Å². The van der Waals surface area contributed by atoms with Crippen LogP contribution in [0.3, 0.4) is 0 Å². The lowest BCUT2D eigenvalue weighted by Gasteiger charge is -2.14. The number of ether oxygens (including phenoxy) is 2. The number of methoxy groups -OCH3 is 1. The quantitative estimate of drug-likeness (QED) is 0.809. The zero-order valence-electron chi connectivity index (χ0n) is 12.7. The van der Waals surface area contributed by atoms with Gasteiger partial charge in [0.15, 0.2) is 11.5 Å². The third-order valence-electron chi connectivity index (χ3n) is 3.48. The summed E-state index contributed by atoms with van der Waals surface area (Å²) >= 11 is 1.71. The molecule has 21 heavy (non-hydrogen) atoms. The van der Waals surface area contributed by atoms with Crippen molar-refractivity contribution in [3.8, 4) is 11.5 Å². The largest absolute Gasteiger partial charge is 0.493 e. The fourth-order valence-electron chi connectivity index (χ4n) is 2.12. The van der Waals surface area contributed by atoms with Gasteiger partial charge in [-0.05, 0) is 52.9 Å². The van der Waals surface area contributed by atoms with Crippen LogP contribution < -0.4 is 15.2 Å². The Labute approximate surface area is 130 Å². The van der Waals surface area contributed by atoms with Gasteiger partial charge in [0.25, 0.3) is 0 Å². The smallest absolute Gasteiger partial charge is 0.161 e. The average Bonchev–Trinajstić information content (AvgIpc) is 3.01. The van der Waals surface area contributed by atoms with Crippen molar-refractivity contribution in [1.29, 1.82) is 0 Å². The predicted molar refractivity (Wildman–Crippen MR) is 88.5 cm³/mol. The first kappa shape index (κ1) is 15.9. The summed E-state index contributed by atoms with van der Waals surface area (Å²) in [5.41, 5.74) is 8.49. The van der Waals surface area contributed by atoms with Crippen LogP contribution in [0, 0.1) is 0 Å². The standard InChI is InChI=1S/C17H23NO2S/c1-3-15(18)10-14-4-5-16(17(11-14)19-2)20-8-6-13-7-9-21-12-13/h4-5,7,9,11-12,15H,3,6,8,10,18H2,1-2H3. The molecule has 2 rings (SSSR count). The van der Waals surface area contributed by atoms with E-state index in [1.54, 1.807) is 18.4 Å². The van der Waals surface area contributed by atoms with Crippen molar-refractivity contribution in [2.24, 2.45) is 5.73 Å². The summed E-state index contributed by atoms with van der Waals surface area (Å²) < 4.78 is 11.3. The number of hydrogen-bond donors (Lipinski definition) is 1. The van der Waals surface area contributed by atoms with Crippen LogP contribution in [0.25, 0.3) is 0 Å². The van der Waals surface area contributed by atoms with Gasteiger partial charge in [-0.2, -0.15) is 11.3 Å². The maximum absolute atomic E-state index is 6.00. The van der Waals surface area contributed by atoms with E-state index in [1.807, 2.05) is 12.1 Å². The van der Waals surface area contributed by atoms with E-state index in [0.29, 0.717) is 6.61 Å². The second-order valence-corrected chi connectivity index (χ2v) is 5.87. The Morgan fingerprint density at radius 1 is 1.19 bits per heavy atom. The molecule has 0 aliphatic carbocycles. The molecule has 1 unspecified atom stereocenters. The number of rotatable bonds is 8. The van der Waals surface area contributed by atoms with Crippen molar-refractivity contribution in [1.82, 2.24) is 0 Å². The minimum absolute atomic E-state index is 0.195. The molecule has 1 atom stereocenters. The number of benzene rings is 1. The molecular formula is C17H23NO2S. The second kappa shape index (κ2) is 8.05. The van der Waals surface area contributed by atoms with Crippen LogP contribution in [-0.2, 0) is 12.8 Å². The van der Waals surface area contributed by atoms with Gasteiger partial charge in [-0.3, -0.25) is 0 Å². The zero-order valence-corrected chi connectivity index (χ0v) is 13.5. The minimum atomic E-state index is 0.195. The molecule has 0 saturated carbocycles. The average molecular weight is 305 g/mol. The van der Waals surface area contributed by atoms with Crippen LogP contribution in [0.4, 0.5) is 0 Å². The van der Waals surface area contributed by atoms with E-state index >= 15 is 0 Å². The normalized spacial score (nSPS) is 12.1. The molecule has 3 nitrogen and oxygen atoms in total. The van der Waals surface area contributed by atoms with E-state index in [0.717, 1.165) is 30.8 Å². The highest BCUT2D eigenvalue weighted by atomic mass is 32.1. The molecule has 0 saturated heterocycles. The van der Waals surface area contributed by atoms with E-state index in [2.05, 4.69) is 29.8 Å². The first-order valence-electron chi connectivity index (χ1n) is 7.29. The third-order valence-corrected chi connectivity index (χ3v) is 4.21. The first-order chi connectivity index (χ1) is 10.2.